The number of rotatable bonds is 10. The number of ether oxygens (including phenoxy) is 3. The zero-order valence-corrected chi connectivity index (χ0v) is 26.8. The maximum absolute atomic E-state index is 14.3. The molecule has 0 saturated carbocycles. The lowest BCUT2D eigenvalue weighted by Gasteiger charge is -2.26. The molecule has 0 fully saturated rings. The number of nitro groups is 2. The minimum Gasteiger partial charge on any atom is -0.497 e. The summed E-state index contributed by atoms with van der Waals surface area (Å²) in [5, 5.41) is 23.0. The number of carbonyl (C=O) groups is 1. The van der Waals surface area contributed by atoms with Crippen LogP contribution < -0.4 is 24.4 Å². The Labute approximate surface area is 281 Å². The third-order valence-electron chi connectivity index (χ3n) is 7.56. The van der Waals surface area contributed by atoms with E-state index >= 15 is 0 Å². The molecule has 246 valence electrons. The van der Waals surface area contributed by atoms with Crippen LogP contribution in [0.3, 0.4) is 0 Å². The highest BCUT2D eigenvalue weighted by Crippen LogP contribution is 2.37. The third-order valence-corrected chi connectivity index (χ3v) is 8.54. The number of hydrogen-bond donors (Lipinski definition) is 0. The number of para-hydroxylation sites is 1. The van der Waals surface area contributed by atoms with Crippen molar-refractivity contribution in [1.29, 1.82) is 0 Å². The number of hydrogen-bond acceptors (Lipinski definition) is 11. The second kappa shape index (κ2) is 13.8. The van der Waals surface area contributed by atoms with Gasteiger partial charge in [-0.3, -0.25) is 29.6 Å². The zero-order chi connectivity index (χ0) is 34.7. The number of nitrogens with zero attached hydrogens (tertiary/aromatic N) is 4. The normalized spacial score (nSPS) is 14.1. The predicted octanol–water partition coefficient (Wildman–Crippen LogP) is 5.55. The monoisotopic (exact) mass is 678 g/mol. The summed E-state index contributed by atoms with van der Waals surface area (Å²) in [7, 11) is 1.52. The lowest BCUT2D eigenvalue weighted by atomic mass is 9.93. The fourth-order valence-corrected chi connectivity index (χ4v) is 6.36. The minimum absolute atomic E-state index is 0.101. The van der Waals surface area contributed by atoms with Crippen LogP contribution in [0.1, 0.15) is 29.7 Å². The molecule has 1 aliphatic rings. The van der Waals surface area contributed by atoms with Crippen molar-refractivity contribution < 1.29 is 28.9 Å². The molecule has 1 atom stereocenters. The van der Waals surface area contributed by atoms with Gasteiger partial charge >= 0.3 is 11.7 Å². The van der Waals surface area contributed by atoms with Crippen molar-refractivity contribution in [1.82, 2.24) is 4.57 Å². The molecule has 0 amide bonds. The Morgan fingerprint density at radius 2 is 1.69 bits per heavy atom. The van der Waals surface area contributed by atoms with Crippen LogP contribution in [0.4, 0.5) is 11.4 Å². The smallest absolute Gasteiger partial charge is 0.338 e. The number of carbonyl (C=O) groups excluding carboxylic acids is 1. The maximum atomic E-state index is 14.3. The number of thiazole rings is 1. The average Bonchev–Trinajstić information content (AvgIpc) is 3.42. The Morgan fingerprint density at radius 3 is 2.41 bits per heavy atom. The van der Waals surface area contributed by atoms with Gasteiger partial charge in [0.2, 0.25) is 5.75 Å². The average molecular weight is 679 g/mol. The van der Waals surface area contributed by atoms with Gasteiger partial charge in [-0.05, 0) is 42.8 Å². The topological polar surface area (TPSA) is 165 Å². The summed E-state index contributed by atoms with van der Waals surface area (Å²) in [5.74, 6) is -0.169. The molecular weight excluding hydrogens is 652 g/mol. The summed E-state index contributed by atoms with van der Waals surface area (Å²) in [6.45, 7) is 1.80. The Kier molecular flexibility index (Phi) is 9.13. The van der Waals surface area contributed by atoms with E-state index in [1.54, 1.807) is 61.5 Å². The predicted molar refractivity (Wildman–Crippen MR) is 180 cm³/mol. The molecule has 13 nitrogen and oxygen atoms in total. The van der Waals surface area contributed by atoms with Crippen molar-refractivity contribution in [3.8, 4) is 17.2 Å². The summed E-state index contributed by atoms with van der Waals surface area (Å²) in [4.78, 5) is 54.6. The summed E-state index contributed by atoms with van der Waals surface area (Å²) in [6, 6.07) is 24.9. The van der Waals surface area contributed by atoms with Crippen LogP contribution in [0.2, 0.25) is 0 Å². The van der Waals surface area contributed by atoms with Crippen LogP contribution >= 0.6 is 11.3 Å². The van der Waals surface area contributed by atoms with Crippen molar-refractivity contribution in [3.63, 3.8) is 0 Å². The van der Waals surface area contributed by atoms with E-state index in [0.29, 0.717) is 32.9 Å². The first-order valence-electron chi connectivity index (χ1n) is 14.8. The van der Waals surface area contributed by atoms with Gasteiger partial charge in [-0.15, -0.1) is 0 Å². The molecule has 0 spiro atoms. The number of benzene rings is 4. The lowest BCUT2D eigenvalue weighted by Crippen LogP contribution is -2.40. The van der Waals surface area contributed by atoms with E-state index in [-0.39, 0.29) is 28.2 Å². The summed E-state index contributed by atoms with van der Waals surface area (Å²) < 4.78 is 18.6. The molecule has 0 unspecified atom stereocenters. The van der Waals surface area contributed by atoms with E-state index in [0.717, 1.165) is 29.5 Å². The molecular formula is C35H26N4O9S. The van der Waals surface area contributed by atoms with E-state index < -0.39 is 38.8 Å². The fourth-order valence-electron chi connectivity index (χ4n) is 5.37. The third kappa shape index (κ3) is 6.44. The molecule has 4 aromatic carbocycles. The molecule has 1 aromatic heterocycles. The number of fused-ring (bicyclic) bond motifs is 1. The summed E-state index contributed by atoms with van der Waals surface area (Å²) in [5.41, 5.74) is 0.654. The number of methoxy groups -OCH3 is 1. The minimum atomic E-state index is -0.933. The van der Waals surface area contributed by atoms with Gasteiger partial charge in [0.25, 0.3) is 11.2 Å². The van der Waals surface area contributed by atoms with Gasteiger partial charge in [-0.25, -0.2) is 9.79 Å². The number of aromatic nitrogens is 1. The van der Waals surface area contributed by atoms with Crippen molar-refractivity contribution >= 4 is 40.5 Å². The molecule has 0 aliphatic carbocycles. The quantitative estimate of drug-likeness (QED) is 0.105. The summed E-state index contributed by atoms with van der Waals surface area (Å²) >= 11 is 1.09. The molecule has 49 heavy (non-hydrogen) atoms. The molecule has 1 aliphatic heterocycles. The second-order valence-electron chi connectivity index (χ2n) is 10.5. The number of nitro benzene ring substituents is 2. The largest absolute Gasteiger partial charge is 0.497 e. The SMILES string of the molecule is CCOC(=O)C1=C(c2ccccc2)N=c2s/c(=C/c3ccccc3Oc3ccc([N+](=O)[O-])cc3[N+](=O)[O-])c(=O)n2[C@@H]1c1cccc(OC)c1. The maximum Gasteiger partial charge on any atom is 0.338 e. The van der Waals surface area contributed by atoms with Crippen LogP contribution in [-0.4, -0.2) is 34.1 Å². The first kappa shape index (κ1) is 32.5. The van der Waals surface area contributed by atoms with Crippen molar-refractivity contribution in [3.05, 3.63) is 159 Å². The van der Waals surface area contributed by atoms with Crippen LogP contribution in [0.5, 0.6) is 17.2 Å². The van der Waals surface area contributed by atoms with Crippen molar-refractivity contribution in [2.75, 3.05) is 13.7 Å². The van der Waals surface area contributed by atoms with Gasteiger partial charge < -0.3 is 14.2 Å². The van der Waals surface area contributed by atoms with Gasteiger partial charge in [0.15, 0.2) is 4.80 Å². The van der Waals surface area contributed by atoms with E-state index in [9.17, 15) is 29.8 Å². The van der Waals surface area contributed by atoms with E-state index in [1.807, 2.05) is 30.3 Å². The zero-order valence-electron chi connectivity index (χ0n) is 26.0. The standard InChI is InChI=1S/C35H26N4O9S/c1-3-47-34(41)30-31(21-10-5-4-6-11-21)36-35-37(32(30)23-13-9-14-25(18-23)46-2)33(40)29(49-35)19-22-12-7-8-15-27(22)48-28-17-16-24(38(42)43)20-26(28)39(44)45/h4-20,32H,3H2,1-2H3/b29-19+/t32-/m1/s1. The first-order chi connectivity index (χ1) is 23.7. The first-order valence-corrected chi connectivity index (χ1v) is 15.6. The number of esters is 1. The van der Waals surface area contributed by atoms with Crippen molar-refractivity contribution in [2.24, 2.45) is 4.99 Å². The van der Waals surface area contributed by atoms with Crippen LogP contribution in [-0.2, 0) is 9.53 Å². The molecule has 6 rings (SSSR count). The Balaban J connectivity index is 1.55. The van der Waals surface area contributed by atoms with Crippen molar-refractivity contribution in [2.45, 2.75) is 13.0 Å². The van der Waals surface area contributed by atoms with Gasteiger partial charge in [0.05, 0.1) is 51.5 Å². The molecule has 0 radical (unpaired) electrons. The highest BCUT2D eigenvalue weighted by atomic mass is 32.1. The lowest BCUT2D eigenvalue weighted by molar-refractivity contribution is -0.394. The molecule has 0 N–H and O–H groups in total. The molecule has 14 heteroatoms. The van der Waals surface area contributed by atoms with E-state index in [1.165, 1.54) is 11.7 Å². The Morgan fingerprint density at radius 1 is 0.939 bits per heavy atom. The van der Waals surface area contributed by atoms with Crippen LogP contribution in [0.15, 0.2) is 112 Å². The van der Waals surface area contributed by atoms with E-state index in [2.05, 4.69) is 0 Å². The molecule has 5 aromatic rings. The number of non-ortho nitro benzene ring substituents is 1. The van der Waals surface area contributed by atoms with Gasteiger partial charge in [-0.1, -0.05) is 72.0 Å². The second-order valence-corrected chi connectivity index (χ2v) is 11.5. The van der Waals surface area contributed by atoms with Gasteiger partial charge in [-0.2, -0.15) is 0 Å². The Hall–Kier alpha value is -6.41. The Bertz CT molecular complexity index is 2330. The van der Waals surface area contributed by atoms with Crippen LogP contribution in [0, 0.1) is 20.2 Å². The molecule has 2 heterocycles. The van der Waals surface area contributed by atoms with E-state index in [4.69, 9.17) is 19.2 Å². The highest BCUT2D eigenvalue weighted by molar-refractivity contribution is 7.07. The van der Waals surface area contributed by atoms with Gasteiger partial charge in [0.1, 0.15) is 11.5 Å². The summed E-state index contributed by atoms with van der Waals surface area (Å²) in [6.07, 6.45) is 1.56. The van der Waals surface area contributed by atoms with Crippen LogP contribution in [0.25, 0.3) is 11.8 Å². The molecule has 0 saturated heterocycles. The molecule has 0 bridgehead atoms. The highest BCUT2D eigenvalue weighted by Gasteiger charge is 2.35. The fraction of sp³-hybridized carbons (Fsp3) is 0.114. The van der Waals surface area contributed by atoms with Gasteiger partial charge in [0, 0.05) is 17.2 Å².